The second-order valence-corrected chi connectivity index (χ2v) is 5.00. The highest BCUT2D eigenvalue weighted by Crippen LogP contribution is 2.29. The molecule has 22 heavy (non-hydrogen) atoms. The average Bonchev–Trinajstić information content (AvgIpc) is 2.91. The number of nitrogens with zero attached hydrogens (tertiary/aromatic N) is 3. The van der Waals surface area contributed by atoms with Gasteiger partial charge in [0.25, 0.3) is 0 Å². The van der Waals surface area contributed by atoms with E-state index in [2.05, 4.69) is 10.3 Å². The summed E-state index contributed by atoms with van der Waals surface area (Å²) in [5, 5.41) is 28.5. The highest BCUT2D eigenvalue weighted by atomic mass is 16.4. The summed E-state index contributed by atoms with van der Waals surface area (Å²) in [7, 11) is 0. The van der Waals surface area contributed by atoms with Gasteiger partial charge in [0, 0.05) is 10.8 Å². The highest BCUT2D eigenvalue weighted by Gasteiger charge is 2.20. The third kappa shape index (κ3) is 2.18. The summed E-state index contributed by atoms with van der Waals surface area (Å²) in [5.74, 6) is -0.909. The lowest BCUT2D eigenvalue weighted by Crippen LogP contribution is -2.07. The van der Waals surface area contributed by atoms with Crippen LogP contribution in [-0.2, 0) is 6.42 Å². The molecule has 1 aromatic heterocycles. The van der Waals surface area contributed by atoms with Gasteiger partial charge in [-0.05, 0) is 18.6 Å². The molecule has 0 aliphatic heterocycles. The van der Waals surface area contributed by atoms with E-state index in [1.807, 2.05) is 25.1 Å². The standard InChI is InChI=1S/C16H15N3O3/c1-2-5-13-15(16(21)22)17-18-19(13)12-8-3-7-11-10(12)6-4-9-14(11)20/h3-4,6-9,20H,2,5H2,1H3,(H,21,22). The van der Waals surface area contributed by atoms with Gasteiger partial charge in [-0.15, -0.1) is 5.10 Å². The summed E-state index contributed by atoms with van der Waals surface area (Å²) in [6.45, 7) is 1.97. The fourth-order valence-corrected chi connectivity index (χ4v) is 2.58. The lowest BCUT2D eigenvalue weighted by molar-refractivity contribution is 0.0689. The van der Waals surface area contributed by atoms with Crippen LogP contribution in [0.5, 0.6) is 5.75 Å². The van der Waals surface area contributed by atoms with Crippen LogP contribution < -0.4 is 0 Å². The zero-order chi connectivity index (χ0) is 15.7. The molecule has 3 rings (SSSR count). The van der Waals surface area contributed by atoms with Crippen molar-refractivity contribution >= 4 is 16.7 Å². The van der Waals surface area contributed by atoms with Crippen molar-refractivity contribution in [2.45, 2.75) is 19.8 Å². The molecule has 0 spiro atoms. The van der Waals surface area contributed by atoms with E-state index < -0.39 is 5.97 Å². The maximum atomic E-state index is 11.3. The molecule has 0 atom stereocenters. The predicted molar refractivity (Wildman–Crippen MR) is 81.5 cm³/mol. The first kappa shape index (κ1) is 14.1. The van der Waals surface area contributed by atoms with Crippen LogP contribution in [0.4, 0.5) is 0 Å². The Bertz CT molecular complexity index is 855. The van der Waals surface area contributed by atoms with Crippen molar-refractivity contribution in [3.05, 3.63) is 47.8 Å². The quantitative estimate of drug-likeness (QED) is 0.773. The number of rotatable bonds is 4. The van der Waals surface area contributed by atoms with Crippen LogP contribution in [0.15, 0.2) is 36.4 Å². The van der Waals surface area contributed by atoms with Gasteiger partial charge >= 0.3 is 5.97 Å². The number of aromatic carboxylic acids is 1. The number of hydrogen-bond acceptors (Lipinski definition) is 4. The van der Waals surface area contributed by atoms with Crippen LogP contribution in [0.25, 0.3) is 16.5 Å². The fourth-order valence-electron chi connectivity index (χ4n) is 2.58. The van der Waals surface area contributed by atoms with Crippen LogP contribution >= 0.6 is 0 Å². The Morgan fingerprint density at radius 1 is 1.18 bits per heavy atom. The smallest absolute Gasteiger partial charge is 0.358 e. The largest absolute Gasteiger partial charge is 0.507 e. The van der Waals surface area contributed by atoms with Crippen molar-refractivity contribution in [1.82, 2.24) is 15.0 Å². The van der Waals surface area contributed by atoms with Gasteiger partial charge in [-0.1, -0.05) is 42.8 Å². The van der Waals surface area contributed by atoms with Crippen molar-refractivity contribution in [2.75, 3.05) is 0 Å². The summed E-state index contributed by atoms with van der Waals surface area (Å²) in [4.78, 5) is 11.3. The first-order chi connectivity index (χ1) is 10.6. The molecule has 6 heteroatoms. The molecule has 0 bridgehead atoms. The molecule has 0 fully saturated rings. The number of carbonyl (C=O) groups is 1. The number of phenols is 1. The van der Waals surface area contributed by atoms with Gasteiger partial charge in [0.15, 0.2) is 5.69 Å². The summed E-state index contributed by atoms with van der Waals surface area (Å²) >= 11 is 0. The minimum absolute atomic E-state index is 0.0287. The first-order valence-electron chi connectivity index (χ1n) is 7.02. The molecule has 6 nitrogen and oxygen atoms in total. The maximum absolute atomic E-state index is 11.3. The van der Waals surface area contributed by atoms with E-state index >= 15 is 0 Å². The Balaban J connectivity index is 2.28. The van der Waals surface area contributed by atoms with Gasteiger partial charge in [-0.25, -0.2) is 9.48 Å². The summed E-state index contributed by atoms with van der Waals surface area (Å²) in [6.07, 6.45) is 1.34. The third-order valence-corrected chi connectivity index (χ3v) is 3.56. The molecule has 2 aromatic carbocycles. The van der Waals surface area contributed by atoms with Crippen LogP contribution in [0.3, 0.4) is 0 Å². The van der Waals surface area contributed by atoms with E-state index in [1.165, 1.54) is 0 Å². The first-order valence-corrected chi connectivity index (χ1v) is 7.02. The van der Waals surface area contributed by atoms with Gasteiger partial charge in [0.05, 0.1) is 11.4 Å². The topological polar surface area (TPSA) is 88.2 Å². The molecule has 0 saturated heterocycles. The van der Waals surface area contributed by atoms with Crippen LogP contribution in [0.1, 0.15) is 29.5 Å². The number of aromatic hydroxyl groups is 1. The molecule has 1 heterocycles. The monoisotopic (exact) mass is 297 g/mol. The minimum atomic E-state index is -1.09. The second-order valence-electron chi connectivity index (χ2n) is 5.00. The van der Waals surface area contributed by atoms with Crippen LogP contribution in [0.2, 0.25) is 0 Å². The SMILES string of the molecule is CCCc1c(C(=O)O)nnn1-c1cccc2c(O)cccc12. The van der Waals surface area contributed by atoms with E-state index in [9.17, 15) is 15.0 Å². The van der Waals surface area contributed by atoms with E-state index in [-0.39, 0.29) is 11.4 Å². The Hall–Kier alpha value is -2.89. The summed E-state index contributed by atoms with van der Waals surface area (Å²) in [6, 6.07) is 10.7. The zero-order valence-corrected chi connectivity index (χ0v) is 12.0. The Morgan fingerprint density at radius 2 is 1.91 bits per heavy atom. The average molecular weight is 297 g/mol. The highest BCUT2D eigenvalue weighted by molar-refractivity contribution is 5.94. The Kier molecular flexibility index (Phi) is 3.50. The molecule has 0 aliphatic rings. The minimum Gasteiger partial charge on any atom is -0.507 e. The van der Waals surface area contributed by atoms with Crippen molar-refractivity contribution in [3.8, 4) is 11.4 Å². The van der Waals surface area contributed by atoms with Crippen molar-refractivity contribution in [3.63, 3.8) is 0 Å². The number of carboxylic acids is 1. The number of hydrogen-bond donors (Lipinski definition) is 2. The van der Waals surface area contributed by atoms with E-state index in [1.54, 1.807) is 22.9 Å². The lowest BCUT2D eigenvalue weighted by Gasteiger charge is -2.10. The van der Waals surface area contributed by atoms with Gasteiger partial charge < -0.3 is 10.2 Å². The number of benzene rings is 2. The number of phenolic OH excluding ortho intramolecular Hbond substituents is 1. The molecule has 0 unspecified atom stereocenters. The second kappa shape index (κ2) is 5.48. The molecular formula is C16H15N3O3. The van der Waals surface area contributed by atoms with Gasteiger partial charge in [-0.3, -0.25) is 0 Å². The molecule has 2 N–H and O–H groups in total. The number of aromatic nitrogens is 3. The summed E-state index contributed by atoms with van der Waals surface area (Å²) < 4.78 is 1.55. The molecule has 112 valence electrons. The Labute approximate surface area is 126 Å². The molecular weight excluding hydrogens is 282 g/mol. The number of carboxylic acid groups (broad SMARTS) is 1. The lowest BCUT2D eigenvalue weighted by atomic mass is 10.1. The van der Waals surface area contributed by atoms with Crippen LogP contribution in [-0.4, -0.2) is 31.2 Å². The van der Waals surface area contributed by atoms with Crippen LogP contribution in [0, 0.1) is 0 Å². The predicted octanol–water partition coefficient (Wildman–Crippen LogP) is 2.78. The normalized spacial score (nSPS) is 11.0. The van der Waals surface area contributed by atoms with Gasteiger partial charge in [0.1, 0.15) is 5.75 Å². The molecule has 3 aromatic rings. The van der Waals surface area contributed by atoms with Crippen molar-refractivity contribution in [2.24, 2.45) is 0 Å². The Morgan fingerprint density at radius 3 is 2.64 bits per heavy atom. The van der Waals surface area contributed by atoms with Crippen molar-refractivity contribution < 1.29 is 15.0 Å². The van der Waals surface area contributed by atoms with E-state index in [0.717, 1.165) is 11.8 Å². The molecule has 0 saturated carbocycles. The van der Waals surface area contributed by atoms with E-state index in [0.29, 0.717) is 23.2 Å². The fraction of sp³-hybridized carbons (Fsp3) is 0.188. The summed E-state index contributed by atoms with van der Waals surface area (Å²) in [5.41, 5.74) is 1.24. The molecule has 0 amide bonds. The van der Waals surface area contributed by atoms with Gasteiger partial charge in [0.2, 0.25) is 0 Å². The molecule has 0 radical (unpaired) electrons. The zero-order valence-electron chi connectivity index (χ0n) is 12.0. The maximum Gasteiger partial charge on any atom is 0.358 e. The van der Waals surface area contributed by atoms with Gasteiger partial charge in [-0.2, -0.15) is 0 Å². The van der Waals surface area contributed by atoms with E-state index in [4.69, 9.17) is 0 Å². The third-order valence-electron chi connectivity index (χ3n) is 3.56. The van der Waals surface area contributed by atoms with Crippen molar-refractivity contribution in [1.29, 1.82) is 0 Å². The number of fused-ring (bicyclic) bond motifs is 1. The molecule has 0 aliphatic carbocycles.